The minimum atomic E-state index is -1.06. The molecule has 0 aliphatic heterocycles. The highest BCUT2D eigenvalue weighted by Crippen LogP contribution is 2.25. The molecule has 0 saturated heterocycles. The Morgan fingerprint density at radius 1 is 1.37 bits per heavy atom. The predicted octanol–water partition coefficient (Wildman–Crippen LogP) is 1.14. The summed E-state index contributed by atoms with van der Waals surface area (Å²) in [4.78, 5) is 22.0. The Balaban J connectivity index is 1.85. The third-order valence-electron chi connectivity index (χ3n) is 3.19. The Morgan fingerprint density at radius 3 is 2.84 bits per heavy atom. The van der Waals surface area contributed by atoms with E-state index in [0.717, 1.165) is 19.3 Å². The smallest absolute Gasteiger partial charge is 0.325 e. The standard InChI is InChI=1S/C14H17NO4/c1-9(14(17)18)15-13(16)8-19-12-6-5-10-3-2-4-11(10)7-12/h5-7,9H,2-4,8H2,1H3,(H,15,16)(H,17,18). The number of hydrogen-bond acceptors (Lipinski definition) is 3. The van der Waals surface area contributed by atoms with Crippen molar-refractivity contribution in [1.82, 2.24) is 5.32 Å². The lowest BCUT2D eigenvalue weighted by atomic mass is 10.1. The van der Waals surface area contributed by atoms with E-state index in [2.05, 4.69) is 5.32 Å². The van der Waals surface area contributed by atoms with Crippen LogP contribution < -0.4 is 10.1 Å². The minimum Gasteiger partial charge on any atom is -0.484 e. The van der Waals surface area contributed by atoms with Gasteiger partial charge in [-0.15, -0.1) is 0 Å². The minimum absolute atomic E-state index is 0.170. The van der Waals surface area contributed by atoms with E-state index in [1.54, 1.807) is 0 Å². The predicted molar refractivity (Wildman–Crippen MR) is 69.2 cm³/mol. The first kappa shape index (κ1) is 13.4. The topological polar surface area (TPSA) is 75.6 Å². The first-order valence-electron chi connectivity index (χ1n) is 6.33. The zero-order valence-corrected chi connectivity index (χ0v) is 10.8. The van der Waals surface area contributed by atoms with E-state index in [9.17, 15) is 9.59 Å². The average molecular weight is 263 g/mol. The fourth-order valence-corrected chi connectivity index (χ4v) is 2.13. The third-order valence-corrected chi connectivity index (χ3v) is 3.19. The van der Waals surface area contributed by atoms with Crippen molar-refractivity contribution in [3.8, 4) is 5.75 Å². The maximum Gasteiger partial charge on any atom is 0.325 e. The number of nitrogens with one attached hydrogen (secondary N) is 1. The van der Waals surface area contributed by atoms with Crippen molar-refractivity contribution in [2.75, 3.05) is 6.61 Å². The molecule has 5 nitrogen and oxygen atoms in total. The van der Waals surface area contributed by atoms with E-state index in [0.29, 0.717) is 5.75 Å². The van der Waals surface area contributed by atoms with Crippen LogP contribution in [0.4, 0.5) is 0 Å². The van der Waals surface area contributed by atoms with Crippen LogP contribution in [0.3, 0.4) is 0 Å². The molecule has 1 aliphatic rings. The van der Waals surface area contributed by atoms with Crippen LogP contribution in [0.2, 0.25) is 0 Å². The Bertz CT molecular complexity index is 498. The summed E-state index contributed by atoms with van der Waals surface area (Å²) in [5, 5.41) is 11.0. The lowest BCUT2D eigenvalue weighted by molar-refractivity contribution is -0.141. The largest absolute Gasteiger partial charge is 0.484 e. The van der Waals surface area contributed by atoms with Crippen LogP contribution >= 0.6 is 0 Å². The van der Waals surface area contributed by atoms with Crippen LogP contribution in [0.5, 0.6) is 5.75 Å². The highest BCUT2D eigenvalue weighted by Gasteiger charge is 2.15. The van der Waals surface area contributed by atoms with Gasteiger partial charge in [-0.05, 0) is 49.4 Å². The second-order valence-corrected chi connectivity index (χ2v) is 4.70. The Morgan fingerprint density at radius 2 is 2.11 bits per heavy atom. The van der Waals surface area contributed by atoms with Crippen LogP contribution in [0, 0.1) is 0 Å². The summed E-state index contributed by atoms with van der Waals surface area (Å²) in [6.45, 7) is 1.24. The number of rotatable bonds is 5. The van der Waals surface area contributed by atoms with E-state index in [-0.39, 0.29) is 6.61 Å². The summed E-state index contributed by atoms with van der Waals surface area (Å²) in [6.07, 6.45) is 3.32. The quantitative estimate of drug-likeness (QED) is 0.835. The van der Waals surface area contributed by atoms with Crippen LogP contribution in [-0.2, 0) is 22.4 Å². The van der Waals surface area contributed by atoms with Crippen molar-refractivity contribution in [1.29, 1.82) is 0 Å². The Hall–Kier alpha value is -2.04. The summed E-state index contributed by atoms with van der Waals surface area (Å²) in [5.74, 6) is -0.847. The molecule has 1 atom stereocenters. The van der Waals surface area contributed by atoms with E-state index >= 15 is 0 Å². The number of ether oxygens (including phenoxy) is 1. The molecule has 0 fully saturated rings. The maximum absolute atomic E-state index is 11.5. The van der Waals surface area contributed by atoms with Crippen LogP contribution in [0.1, 0.15) is 24.5 Å². The number of amides is 1. The molecule has 1 amide bonds. The molecule has 19 heavy (non-hydrogen) atoms. The number of carbonyl (C=O) groups excluding carboxylic acids is 1. The van der Waals surface area contributed by atoms with Crippen LogP contribution in [-0.4, -0.2) is 29.6 Å². The molecule has 2 N–H and O–H groups in total. The van der Waals surface area contributed by atoms with Gasteiger partial charge in [0.05, 0.1) is 0 Å². The van der Waals surface area contributed by atoms with Crippen molar-refractivity contribution in [3.05, 3.63) is 29.3 Å². The number of carboxylic acids is 1. The van der Waals surface area contributed by atoms with Gasteiger partial charge in [-0.2, -0.15) is 0 Å². The molecule has 0 radical (unpaired) electrons. The van der Waals surface area contributed by atoms with Gasteiger partial charge >= 0.3 is 5.97 Å². The van der Waals surface area contributed by atoms with Gasteiger partial charge in [-0.3, -0.25) is 9.59 Å². The normalized spacial score (nSPS) is 14.6. The summed E-state index contributed by atoms with van der Waals surface area (Å²) in [5.41, 5.74) is 2.62. The molecule has 5 heteroatoms. The molecule has 1 unspecified atom stereocenters. The molecule has 1 aromatic rings. The highest BCUT2D eigenvalue weighted by molar-refractivity contribution is 5.84. The number of fused-ring (bicyclic) bond motifs is 1. The van der Waals surface area contributed by atoms with E-state index in [1.807, 2.05) is 18.2 Å². The fraction of sp³-hybridized carbons (Fsp3) is 0.429. The number of carbonyl (C=O) groups is 2. The van der Waals surface area contributed by atoms with Gasteiger partial charge in [-0.25, -0.2) is 0 Å². The first-order valence-corrected chi connectivity index (χ1v) is 6.33. The molecule has 0 aromatic heterocycles. The van der Waals surface area contributed by atoms with Crippen molar-refractivity contribution in [2.45, 2.75) is 32.2 Å². The van der Waals surface area contributed by atoms with Crippen molar-refractivity contribution in [2.24, 2.45) is 0 Å². The van der Waals surface area contributed by atoms with Crippen molar-refractivity contribution >= 4 is 11.9 Å². The van der Waals surface area contributed by atoms with Gasteiger partial charge in [0.15, 0.2) is 6.61 Å². The number of hydrogen-bond donors (Lipinski definition) is 2. The second kappa shape index (κ2) is 5.73. The zero-order chi connectivity index (χ0) is 13.8. The van der Waals surface area contributed by atoms with Gasteiger partial charge in [0.2, 0.25) is 0 Å². The van der Waals surface area contributed by atoms with Gasteiger partial charge < -0.3 is 15.2 Å². The molecule has 102 valence electrons. The molecule has 0 spiro atoms. The number of aliphatic carboxylic acids is 1. The molecule has 0 heterocycles. The van der Waals surface area contributed by atoms with Crippen molar-refractivity contribution < 1.29 is 19.4 Å². The van der Waals surface area contributed by atoms with Gasteiger partial charge in [0.25, 0.3) is 5.91 Å². The molecule has 1 aromatic carbocycles. The lowest BCUT2D eigenvalue weighted by Gasteiger charge is -2.11. The molecule has 0 bridgehead atoms. The summed E-state index contributed by atoms with van der Waals surface area (Å²) in [6, 6.07) is 4.92. The number of benzene rings is 1. The highest BCUT2D eigenvalue weighted by atomic mass is 16.5. The Labute approximate surface area is 111 Å². The molecular weight excluding hydrogens is 246 g/mol. The van der Waals surface area contributed by atoms with Crippen LogP contribution in [0.15, 0.2) is 18.2 Å². The lowest BCUT2D eigenvalue weighted by Crippen LogP contribution is -2.40. The summed E-state index contributed by atoms with van der Waals surface area (Å²) < 4.78 is 5.37. The Kier molecular flexibility index (Phi) is 4.04. The summed E-state index contributed by atoms with van der Waals surface area (Å²) in [7, 11) is 0. The summed E-state index contributed by atoms with van der Waals surface area (Å²) >= 11 is 0. The second-order valence-electron chi connectivity index (χ2n) is 4.70. The first-order chi connectivity index (χ1) is 9.06. The van der Waals surface area contributed by atoms with Gasteiger partial charge in [-0.1, -0.05) is 6.07 Å². The van der Waals surface area contributed by atoms with Gasteiger partial charge in [0, 0.05) is 0 Å². The van der Waals surface area contributed by atoms with Gasteiger partial charge in [0.1, 0.15) is 11.8 Å². The monoisotopic (exact) mass is 263 g/mol. The average Bonchev–Trinajstić information content (AvgIpc) is 2.83. The molecule has 2 rings (SSSR count). The van der Waals surface area contributed by atoms with E-state index in [1.165, 1.54) is 18.1 Å². The van der Waals surface area contributed by atoms with Crippen molar-refractivity contribution in [3.63, 3.8) is 0 Å². The fourth-order valence-electron chi connectivity index (χ4n) is 2.13. The third kappa shape index (κ3) is 3.47. The van der Waals surface area contributed by atoms with E-state index in [4.69, 9.17) is 9.84 Å². The van der Waals surface area contributed by atoms with Crippen LogP contribution in [0.25, 0.3) is 0 Å². The molecule has 1 aliphatic carbocycles. The maximum atomic E-state index is 11.5. The number of aryl methyl sites for hydroxylation is 2. The molecule has 0 saturated carbocycles. The molecular formula is C14H17NO4. The number of carboxylic acid groups (broad SMARTS) is 1. The van der Waals surface area contributed by atoms with E-state index < -0.39 is 17.9 Å². The SMILES string of the molecule is CC(NC(=O)COc1ccc2c(c1)CCC2)C(=O)O. The zero-order valence-electron chi connectivity index (χ0n) is 10.8.